The molecule has 2 amide bonds. The number of amides is 2. The van der Waals surface area contributed by atoms with Gasteiger partial charge in [-0.05, 0) is 74.1 Å². The number of halogens is 3. The van der Waals surface area contributed by atoms with Crippen molar-refractivity contribution in [3.05, 3.63) is 59.7 Å². The predicted molar refractivity (Wildman–Crippen MR) is 100 cm³/mol. The van der Waals surface area contributed by atoms with Gasteiger partial charge in [0.15, 0.2) is 0 Å². The molecule has 0 spiro atoms. The smallest absolute Gasteiger partial charge is 0.339 e. The first-order valence-corrected chi connectivity index (χ1v) is 9.11. The molecule has 2 rings (SSSR count). The first-order chi connectivity index (χ1) is 12.7. The summed E-state index contributed by atoms with van der Waals surface area (Å²) in [4.78, 5) is 26.2. The highest BCUT2D eigenvalue weighted by Gasteiger charge is 2.29. The number of carbonyl (C=O) groups is 2. The normalized spacial score (nSPS) is 11.1. The Labute approximate surface area is 159 Å². The molecule has 0 heterocycles. The first kappa shape index (κ1) is 20.8. The molecule has 1 N–H and O–H groups in total. The van der Waals surface area contributed by atoms with E-state index in [1.54, 1.807) is 29.2 Å². The van der Waals surface area contributed by atoms with Gasteiger partial charge in [-0.15, -0.1) is 0 Å². The van der Waals surface area contributed by atoms with Gasteiger partial charge in [0.25, 0.3) is 11.8 Å². The zero-order valence-electron chi connectivity index (χ0n) is 14.8. The minimum absolute atomic E-state index is 0.0123. The second kappa shape index (κ2) is 8.94. The highest BCUT2D eigenvalue weighted by Crippen LogP contribution is 2.36. The molecule has 0 fully saturated rings. The molecular weight excluding hydrogens is 377 g/mol. The number of hydrogen-bond donors (Lipinski definition) is 1. The number of rotatable bonds is 6. The number of nitrogens with one attached hydrogen (secondary N) is 1. The standard InChI is InChI=1S/C19H19F3N2O2S/c1-3-24(4-2)18(26)14-5-9-15(10-6-14)23-17(25)13-7-11-16(12-8-13)27-19(20,21)22/h5-12H,3-4H2,1-2H3,(H,23,25). The van der Waals surface area contributed by atoms with Crippen LogP contribution < -0.4 is 5.32 Å². The lowest BCUT2D eigenvalue weighted by atomic mass is 10.1. The van der Waals surface area contributed by atoms with Crippen LogP contribution in [0.2, 0.25) is 0 Å². The summed E-state index contributed by atoms with van der Waals surface area (Å²) < 4.78 is 37.0. The van der Waals surface area contributed by atoms with Crippen molar-refractivity contribution in [3.8, 4) is 0 Å². The van der Waals surface area contributed by atoms with Crippen LogP contribution in [-0.4, -0.2) is 35.3 Å². The summed E-state index contributed by atoms with van der Waals surface area (Å²) in [5.41, 5.74) is -3.12. The lowest BCUT2D eigenvalue weighted by molar-refractivity contribution is -0.0328. The molecule has 0 aliphatic carbocycles. The van der Waals surface area contributed by atoms with Crippen molar-refractivity contribution < 1.29 is 22.8 Å². The maximum atomic E-state index is 12.3. The third kappa shape index (κ3) is 6.02. The van der Waals surface area contributed by atoms with E-state index in [2.05, 4.69) is 5.32 Å². The van der Waals surface area contributed by atoms with Crippen LogP contribution in [-0.2, 0) is 0 Å². The molecule has 4 nitrogen and oxygen atoms in total. The van der Waals surface area contributed by atoms with E-state index in [9.17, 15) is 22.8 Å². The molecule has 0 saturated carbocycles. The quantitative estimate of drug-likeness (QED) is 0.697. The largest absolute Gasteiger partial charge is 0.446 e. The predicted octanol–water partition coefficient (Wildman–Crippen LogP) is 5.03. The van der Waals surface area contributed by atoms with Gasteiger partial charge in [0.1, 0.15) is 0 Å². The molecule has 0 atom stereocenters. The van der Waals surface area contributed by atoms with Gasteiger partial charge >= 0.3 is 5.51 Å². The van der Waals surface area contributed by atoms with Crippen LogP contribution in [0.25, 0.3) is 0 Å². The summed E-state index contributed by atoms with van der Waals surface area (Å²) in [6, 6.07) is 11.6. The van der Waals surface area contributed by atoms with Crippen LogP contribution in [0.1, 0.15) is 34.6 Å². The van der Waals surface area contributed by atoms with E-state index in [1.807, 2.05) is 13.8 Å². The third-order valence-corrected chi connectivity index (χ3v) is 4.53. The molecule has 0 radical (unpaired) electrons. The zero-order valence-corrected chi connectivity index (χ0v) is 15.7. The monoisotopic (exact) mass is 396 g/mol. The van der Waals surface area contributed by atoms with Crippen molar-refractivity contribution in [2.45, 2.75) is 24.3 Å². The Morgan fingerprint density at radius 2 is 1.44 bits per heavy atom. The van der Waals surface area contributed by atoms with E-state index in [-0.39, 0.29) is 28.1 Å². The molecule has 2 aromatic carbocycles. The highest BCUT2D eigenvalue weighted by molar-refractivity contribution is 8.00. The van der Waals surface area contributed by atoms with Crippen molar-refractivity contribution in [2.75, 3.05) is 18.4 Å². The fraction of sp³-hybridized carbons (Fsp3) is 0.263. The van der Waals surface area contributed by atoms with Crippen LogP contribution >= 0.6 is 11.8 Å². The van der Waals surface area contributed by atoms with E-state index in [4.69, 9.17) is 0 Å². The lowest BCUT2D eigenvalue weighted by Crippen LogP contribution is -2.30. The molecule has 144 valence electrons. The summed E-state index contributed by atoms with van der Waals surface area (Å²) >= 11 is -0.232. The van der Waals surface area contributed by atoms with Crippen LogP contribution in [0.5, 0.6) is 0 Å². The molecule has 0 aliphatic rings. The number of carbonyl (C=O) groups excluding carboxylic acids is 2. The SMILES string of the molecule is CCN(CC)C(=O)c1ccc(NC(=O)c2ccc(SC(F)(F)F)cc2)cc1. The number of nitrogens with zero attached hydrogens (tertiary/aromatic N) is 1. The van der Waals surface area contributed by atoms with Gasteiger partial charge in [0, 0.05) is 34.8 Å². The minimum Gasteiger partial charge on any atom is -0.339 e. The maximum Gasteiger partial charge on any atom is 0.446 e. The Balaban J connectivity index is 2.02. The summed E-state index contributed by atoms with van der Waals surface area (Å²) in [6.07, 6.45) is 0. The Morgan fingerprint density at radius 1 is 0.926 bits per heavy atom. The summed E-state index contributed by atoms with van der Waals surface area (Å²) in [7, 11) is 0. The van der Waals surface area contributed by atoms with Crippen molar-refractivity contribution >= 4 is 29.3 Å². The second-order valence-electron chi connectivity index (χ2n) is 5.58. The fourth-order valence-electron chi connectivity index (χ4n) is 2.40. The van der Waals surface area contributed by atoms with Gasteiger partial charge in [-0.1, -0.05) is 0 Å². The number of anilines is 1. The summed E-state index contributed by atoms with van der Waals surface area (Å²) in [6.45, 7) is 5.01. The molecule has 0 bridgehead atoms. The Hall–Kier alpha value is -2.48. The molecular formula is C19H19F3N2O2S. The first-order valence-electron chi connectivity index (χ1n) is 8.30. The average Bonchev–Trinajstić information content (AvgIpc) is 2.62. The number of thioether (sulfide) groups is 1. The molecule has 27 heavy (non-hydrogen) atoms. The maximum absolute atomic E-state index is 12.3. The van der Waals surface area contributed by atoms with Crippen LogP contribution in [0.4, 0.5) is 18.9 Å². The zero-order chi connectivity index (χ0) is 20.0. The molecule has 0 saturated heterocycles. The van der Waals surface area contributed by atoms with E-state index in [0.29, 0.717) is 24.3 Å². The Morgan fingerprint density at radius 3 is 1.93 bits per heavy atom. The van der Waals surface area contributed by atoms with E-state index < -0.39 is 11.4 Å². The fourth-order valence-corrected chi connectivity index (χ4v) is 2.94. The summed E-state index contributed by atoms with van der Waals surface area (Å²) in [5, 5.41) is 2.66. The van der Waals surface area contributed by atoms with Crippen molar-refractivity contribution in [3.63, 3.8) is 0 Å². The van der Waals surface area contributed by atoms with Gasteiger partial charge in [0.2, 0.25) is 0 Å². The van der Waals surface area contributed by atoms with Crippen molar-refractivity contribution in [2.24, 2.45) is 0 Å². The topological polar surface area (TPSA) is 49.4 Å². The number of alkyl halides is 3. The van der Waals surface area contributed by atoms with Crippen molar-refractivity contribution in [1.82, 2.24) is 4.90 Å². The highest BCUT2D eigenvalue weighted by atomic mass is 32.2. The van der Waals surface area contributed by atoms with E-state index >= 15 is 0 Å². The van der Waals surface area contributed by atoms with Gasteiger partial charge in [0.05, 0.1) is 0 Å². The van der Waals surface area contributed by atoms with E-state index in [0.717, 1.165) is 0 Å². The minimum atomic E-state index is -4.37. The number of hydrogen-bond acceptors (Lipinski definition) is 3. The molecule has 2 aromatic rings. The Kier molecular flexibility index (Phi) is 6.90. The molecule has 0 aromatic heterocycles. The second-order valence-corrected chi connectivity index (χ2v) is 6.72. The van der Waals surface area contributed by atoms with Gasteiger partial charge in [-0.25, -0.2) is 0 Å². The van der Waals surface area contributed by atoms with Crippen LogP contribution in [0.15, 0.2) is 53.4 Å². The van der Waals surface area contributed by atoms with Gasteiger partial charge in [-0.2, -0.15) is 13.2 Å². The molecule has 0 unspecified atom stereocenters. The Bertz CT molecular complexity index is 786. The molecule has 8 heteroatoms. The van der Waals surface area contributed by atoms with E-state index in [1.165, 1.54) is 24.3 Å². The third-order valence-electron chi connectivity index (χ3n) is 3.79. The van der Waals surface area contributed by atoms with Gasteiger partial charge < -0.3 is 10.2 Å². The van der Waals surface area contributed by atoms with Gasteiger partial charge in [-0.3, -0.25) is 9.59 Å². The van der Waals surface area contributed by atoms with Crippen LogP contribution in [0.3, 0.4) is 0 Å². The summed E-state index contributed by atoms with van der Waals surface area (Å²) in [5.74, 6) is -0.531. The molecule has 0 aliphatic heterocycles. The van der Waals surface area contributed by atoms with Crippen molar-refractivity contribution in [1.29, 1.82) is 0 Å². The number of benzene rings is 2. The van der Waals surface area contributed by atoms with Crippen LogP contribution in [0, 0.1) is 0 Å². The average molecular weight is 396 g/mol. The lowest BCUT2D eigenvalue weighted by Gasteiger charge is -2.18.